The Bertz CT molecular complexity index is 672. The Hall–Kier alpha value is -2.44. The fourth-order valence-electron chi connectivity index (χ4n) is 2.66. The van der Waals surface area contributed by atoms with E-state index in [-0.39, 0.29) is 18.0 Å². The summed E-state index contributed by atoms with van der Waals surface area (Å²) in [6.07, 6.45) is -0.216. The third-order valence-corrected chi connectivity index (χ3v) is 3.80. The van der Waals surface area contributed by atoms with Crippen molar-refractivity contribution in [2.45, 2.75) is 12.3 Å². The van der Waals surface area contributed by atoms with Gasteiger partial charge in [0.2, 0.25) is 6.23 Å². The number of hydrogen-bond acceptors (Lipinski definition) is 4. The summed E-state index contributed by atoms with van der Waals surface area (Å²) in [5.41, 5.74) is 2.03. The summed E-state index contributed by atoms with van der Waals surface area (Å²) < 4.78 is 11.4. The SMILES string of the molecule is COc1ccccc1[C@H]1[NH2+]C[C@@H](c2ccc([N+](=O)[O-])cc2)O1. The van der Waals surface area contributed by atoms with Crippen LogP contribution in [0.1, 0.15) is 23.5 Å². The van der Waals surface area contributed by atoms with Crippen molar-refractivity contribution in [2.24, 2.45) is 0 Å². The van der Waals surface area contributed by atoms with Gasteiger partial charge in [-0.2, -0.15) is 0 Å². The zero-order chi connectivity index (χ0) is 15.5. The molecule has 2 aromatic rings. The highest BCUT2D eigenvalue weighted by molar-refractivity contribution is 5.36. The van der Waals surface area contributed by atoms with Gasteiger partial charge < -0.3 is 14.8 Å². The number of hydrogen-bond donors (Lipinski definition) is 1. The molecule has 6 nitrogen and oxygen atoms in total. The molecule has 3 rings (SSSR count). The number of nitro groups is 1. The molecular weight excluding hydrogens is 284 g/mol. The fourth-order valence-corrected chi connectivity index (χ4v) is 2.66. The Labute approximate surface area is 127 Å². The maximum atomic E-state index is 10.7. The van der Waals surface area contributed by atoms with Gasteiger partial charge in [0.1, 0.15) is 18.4 Å². The normalized spacial score (nSPS) is 20.8. The van der Waals surface area contributed by atoms with Crippen molar-refractivity contribution >= 4 is 5.69 Å². The van der Waals surface area contributed by atoms with E-state index < -0.39 is 4.92 Å². The quantitative estimate of drug-likeness (QED) is 0.691. The zero-order valence-electron chi connectivity index (χ0n) is 12.1. The molecule has 2 aromatic carbocycles. The monoisotopic (exact) mass is 301 g/mol. The van der Waals surface area contributed by atoms with Gasteiger partial charge in [-0.25, -0.2) is 0 Å². The number of nitrogens with two attached hydrogens (primary N) is 1. The molecule has 1 aliphatic rings. The summed E-state index contributed by atoms with van der Waals surface area (Å²) in [5.74, 6) is 0.799. The maximum Gasteiger partial charge on any atom is 0.269 e. The molecule has 0 amide bonds. The topological polar surface area (TPSA) is 78.2 Å². The summed E-state index contributed by atoms with van der Waals surface area (Å²) in [6, 6.07) is 14.3. The largest absolute Gasteiger partial charge is 0.496 e. The number of quaternary nitrogens is 1. The van der Waals surface area contributed by atoms with Crippen molar-refractivity contribution < 1.29 is 19.7 Å². The van der Waals surface area contributed by atoms with Crippen molar-refractivity contribution in [3.63, 3.8) is 0 Å². The third kappa shape index (κ3) is 2.79. The lowest BCUT2D eigenvalue weighted by molar-refractivity contribution is -0.698. The molecular formula is C16H17N2O4+. The van der Waals surface area contributed by atoms with Crippen molar-refractivity contribution in [1.82, 2.24) is 0 Å². The van der Waals surface area contributed by atoms with E-state index in [1.54, 1.807) is 19.2 Å². The van der Waals surface area contributed by atoms with Crippen molar-refractivity contribution in [3.8, 4) is 5.75 Å². The first-order valence-electron chi connectivity index (χ1n) is 7.05. The Balaban J connectivity index is 1.76. The summed E-state index contributed by atoms with van der Waals surface area (Å²) in [5, 5.41) is 12.8. The van der Waals surface area contributed by atoms with Gasteiger partial charge in [0.15, 0.2) is 0 Å². The molecule has 1 heterocycles. The number of non-ortho nitro benzene ring substituents is 1. The van der Waals surface area contributed by atoms with E-state index in [4.69, 9.17) is 9.47 Å². The van der Waals surface area contributed by atoms with Crippen LogP contribution in [0.2, 0.25) is 0 Å². The molecule has 0 saturated carbocycles. The van der Waals surface area contributed by atoms with E-state index in [2.05, 4.69) is 5.32 Å². The van der Waals surface area contributed by atoms with Crippen LogP contribution in [0.4, 0.5) is 5.69 Å². The van der Waals surface area contributed by atoms with E-state index in [9.17, 15) is 10.1 Å². The van der Waals surface area contributed by atoms with Gasteiger partial charge in [0.05, 0.1) is 17.6 Å². The number of methoxy groups -OCH3 is 1. The Morgan fingerprint density at radius 2 is 1.95 bits per heavy atom. The van der Waals surface area contributed by atoms with Crippen LogP contribution in [0.5, 0.6) is 5.75 Å². The van der Waals surface area contributed by atoms with E-state index in [1.807, 2.05) is 24.3 Å². The molecule has 1 saturated heterocycles. The van der Waals surface area contributed by atoms with Crippen LogP contribution in [0.3, 0.4) is 0 Å². The van der Waals surface area contributed by atoms with Crippen LogP contribution in [0, 0.1) is 10.1 Å². The fraction of sp³-hybridized carbons (Fsp3) is 0.250. The predicted octanol–water partition coefficient (Wildman–Crippen LogP) is 1.94. The molecule has 0 aliphatic carbocycles. The van der Waals surface area contributed by atoms with Crippen LogP contribution in [0.25, 0.3) is 0 Å². The number of benzene rings is 2. The molecule has 0 unspecified atom stereocenters. The van der Waals surface area contributed by atoms with Gasteiger partial charge in [0.25, 0.3) is 5.69 Å². The highest BCUT2D eigenvalue weighted by Gasteiger charge is 2.32. The standard InChI is InChI=1S/C16H16N2O4/c1-21-14-5-3-2-4-13(14)16-17-10-15(22-16)11-6-8-12(9-7-11)18(19)20/h2-9,15-17H,10H2,1H3/p+1/t15-,16-/m0/s1. The second kappa shape index (κ2) is 6.13. The first kappa shape index (κ1) is 14.5. The van der Waals surface area contributed by atoms with Crippen molar-refractivity contribution in [1.29, 1.82) is 0 Å². The number of ether oxygens (including phenoxy) is 2. The van der Waals surface area contributed by atoms with Crippen LogP contribution < -0.4 is 10.1 Å². The van der Waals surface area contributed by atoms with Crippen molar-refractivity contribution in [3.05, 3.63) is 69.8 Å². The van der Waals surface area contributed by atoms with Gasteiger partial charge in [0, 0.05) is 12.1 Å². The van der Waals surface area contributed by atoms with E-state index in [1.165, 1.54) is 12.1 Å². The minimum atomic E-state index is -0.400. The summed E-state index contributed by atoms with van der Waals surface area (Å²) >= 11 is 0. The Morgan fingerprint density at radius 3 is 2.64 bits per heavy atom. The van der Waals surface area contributed by atoms with Crippen molar-refractivity contribution in [2.75, 3.05) is 13.7 Å². The van der Waals surface area contributed by atoms with Crippen LogP contribution >= 0.6 is 0 Å². The molecule has 0 radical (unpaired) electrons. The number of nitrogens with zero attached hydrogens (tertiary/aromatic N) is 1. The maximum absolute atomic E-state index is 10.7. The molecule has 0 aromatic heterocycles. The lowest BCUT2D eigenvalue weighted by Crippen LogP contribution is -2.82. The van der Waals surface area contributed by atoms with E-state index >= 15 is 0 Å². The second-order valence-electron chi connectivity index (χ2n) is 5.11. The minimum absolute atomic E-state index is 0.0873. The lowest BCUT2D eigenvalue weighted by Gasteiger charge is -2.12. The second-order valence-corrected chi connectivity index (χ2v) is 5.11. The first-order chi connectivity index (χ1) is 10.7. The molecule has 0 spiro atoms. The highest BCUT2D eigenvalue weighted by atomic mass is 16.6. The minimum Gasteiger partial charge on any atom is -0.496 e. The van der Waals surface area contributed by atoms with Gasteiger partial charge in [-0.15, -0.1) is 0 Å². The van der Waals surface area contributed by atoms with Crippen LogP contribution in [0.15, 0.2) is 48.5 Å². The molecule has 2 N–H and O–H groups in total. The third-order valence-electron chi connectivity index (χ3n) is 3.80. The molecule has 22 heavy (non-hydrogen) atoms. The van der Waals surface area contributed by atoms with Gasteiger partial charge in [-0.05, 0) is 29.8 Å². The van der Waals surface area contributed by atoms with Crippen LogP contribution in [-0.2, 0) is 4.74 Å². The average molecular weight is 301 g/mol. The molecule has 1 fully saturated rings. The number of rotatable bonds is 4. The number of para-hydroxylation sites is 1. The molecule has 114 valence electrons. The molecule has 0 bridgehead atoms. The molecule has 2 atom stereocenters. The smallest absolute Gasteiger partial charge is 0.269 e. The first-order valence-corrected chi connectivity index (χ1v) is 7.05. The van der Waals surface area contributed by atoms with Crippen LogP contribution in [-0.4, -0.2) is 18.6 Å². The average Bonchev–Trinajstić information content (AvgIpc) is 3.04. The summed E-state index contributed by atoms with van der Waals surface area (Å²) in [6.45, 7) is 0.764. The van der Waals surface area contributed by atoms with Gasteiger partial charge >= 0.3 is 0 Å². The molecule has 1 aliphatic heterocycles. The predicted molar refractivity (Wildman–Crippen MR) is 79.4 cm³/mol. The van der Waals surface area contributed by atoms with Gasteiger partial charge in [-0.3, -0.25) is 10.1 Å². The van der Waals surface area contributed by atoms with E-state index in [0.29, 0.717) is 0 Å². The number of nitro benzene ring substituents is 1. The highest BCUT2D eigenvalue weighted by Crippen LogP contribution is 2.31. The Morgan fingerprint density at radius 1 is 1.23 bits per heavy atom. The van der Waals surface area contributed by atoms with Gasteiger partial charge in [-0.1, -0.05) is 12.1 Å². The lowest BCUT2D eigenvalue weighted by atomic mass is 10.1. The summed E-state index contributed by atoms with van der Waals surface area (Å²) in [4.78, 5) is 10.3. The molecule has 6 heteroatoms. The summed E-state index contributed by atoms with van der Waals surface area (Å²) in [7, 11) is 1.64. The van der Waals surface area contributed by atoms with E-state index in [0.717, 1.165) is 23.4 Å². The Kier molecular flexibility index (Phi) is 4.04. The zero-order valence-corrected chi connectivity index (χ0v) is 12.1.